The van der Waals surface area contributed by atoms with Crippen LogP contribution >= 0.6 is 0 Å². The molecule has 5 rings (SSSR count). The second-order valence-corrected chi connectivity index (χ2v) is 11.3. The van der Waals surface area contributed by atoms with E-state index >= 15 is 0 Å². The van der Waals surface area contributed by atoms with Gasteiger partial charge in [-0.05, 0) is 51.6 Å². The predicted molar refractivity (Wildman–Crippen MR) is 151 cm³/mol. The van der Waals surface area contributed by atoms with E-state index in [1.807, 2.05) is 33.0 Å². The Morgan fingerprint density at radius 3 is 2.48 bits per heavy atom. The van der Waals surface area contributed by atoms with Gasteiger partial charge in [-0.1, -0.05) is 43.3 Å². The van der Waals surface area contributed by atoms with Crippen molar-refractivity contribution in [1.82, 2.24) is 4.90 Å². The van der Waals surface area contributed by atoms with Crippen LogP contribution in [0.3, 0.4) is 0 Å². The highest BCUT2D eigenvalue weighted by molar-refractivity contribution is 5.84. The number of ether oxygens (including phenoxy) is 5. The third kappa shape index (κ3) is 4.62. The zero-order valence-corrected chi connectivity index (χ0v) is 24.7. The van der Waals surface area contributed by atoms with Crippen LogP contribution in [0.5, 0.6) is 11.5 Å². The smallest absolute Gasteiger partial charge is 0.357 e. The molecular weight excluding hydrogens is 542 g/mol. The van der Waals surface area contributed by atoms with Crippen molar-refractivity contribution < 1.29 is 43.2 Å². The molecule has 42 heavy (non-hydrogen) atoms. The van der Waals surface area contributed by atoms with Crippen LogP contribution in [0.25, 0.3) is 0 Å². The third-order valence-corrected chi connectivity index (χ3v) is 8.92. The summed E-state index contributed by atoms with van der Waals surface area (Å²) in [6, 6.07) is 12.1. The van der Waals surface area contributed by atoms with Gasteiger partial charge in [0.05, 0.1) is 18.1 Å². The van der Waals surface area contributed by atoms with Crippen LogP contribution in [-0.2, 0) is 40.4 Å². The monoisotopic (exact) mass is 579 g/mol. The summed E-state index contributed by atoms with van der Waals surface area (Å²) in [6.45, 7) is 7.26. The fraction of sp³-hybridized carbons (Fsp3) is 0.469. The average Bonchev–Trinajstić information content (AvgIpc) is 3.30. The lowest BCUT2D eigenvalue weighted by Crippen LogP contribution is -2.69. The number of benzene rings is 2. The third-order valence-electron chi connectivity index (χ3n) is 8.92. The van der Waals surface area contributed by atoms with Crippen molar-refractivity contribution in [2.75, 3.05) is 20.7 Å². The second kappa shape index (κ2) is 11.1. The largest absolute Gasteiger partial charge is 0.493 e. The number of nitrogens with zero attached hydrogens (tertiary/aromatic N) is 1. The second-order valence-electron chi connectivity index (χ2n) is 11.3. The molecule has 2 aromatic carbocycles. The average molecular weight is 580 g/mol. The highest BCUT2D eigenvalue weighted by atomic mass is 16.6. The van der Waals surface area contributed by atoms with Gasteiger partial charge in [-0.25, -0.2) is 9.59 Å². The van der Waals surface area contributed by atoms with E-state index in [0.717, 1.165) is 17.7 Å². The van der Waals surface area contributed by atoms with Crippen LogP contribution in [0.2, 0.25) is 0 Å². The fourth-order valence-electron chi connectivity index (χ4n) is 6.60. The van der Waals surface area contributed by atoms with Gasteiger partial charge in [0, 0.05) is 30.5 Å². The van der Waals surface area contributed by atoms with E-state index in [1.165, 1.54) is 13.8 Å². The van der Waals surface area contributed by atoms with E-state index in [1.54, 1.807) is 43.5 Å². The van der Waals surface area contributed by atoms with Crippen LogP contribution in [0, 0.1) is 0 Å². The molecule has 0 fully saturated rings. The topological polar surface area (TPSA) is 121 Å². The molecule has 6 atom stereocenters. The van der Waals surface area contributed by atoms with Crippen molar-refractivity contribution in [3.63, 3.8) is 0 Å². The molecule has 0 radical (unpaired) electrons. The molecule has 1 N–H and O–H groups in total. The quantitative estimate of drug-likeness (QED) is 0.350. The summed E-state index contributed by atoms with van der Waals surface area (Å²) < 4.78 is 28.6. The lowest BCUT2D eigenvalue weighted by molar-refractivity contribution is -0.178. The molecule has 2 aliphatic carbocycles. The van der Waals surface area contributed by atoms with E-state index in [2.05, 4.69) is 4.90 Å². The van der Waals surface area contributed by atoms with Crippen molar-refractivity contribution >= 4 is 17.9 Å². The lowest BCUT2D eigenvalue weighted by atomic mass is 9.54. The number of carbonyl (C=O) groups excluding carboxylic acids is 3. The maximum atomic E-state index is 13.7. The lowest BCUT2D eigenvalue weighted by Gasteiger charge is -2.56. The molecule has 1 heterocycles. The molecular formula is C32H37NO9. The molecule has 0 saturated carbocycles. The number of carbonyl (C=O) groups is 3. The molecule has 10 heteroatoms. The highest BCUT2D eigenvalue weighted by Crippen LogP contribution is 2.62. The number of hydrogen-bond acceptors (Lipinski definition) is 10. The molecule has 0 amide bonds. The van der Waals surface area contributed by atoms with Gasteiger partial charge in [-0.2, -0.15) is 0 Å². The van der Waals surface area contributed by atoms with Crippen molar-refractivity contribution in [2.24, 2.45) is 0 Å². The molecule has 0 aromatic heterocycles. The van der Waals surface area contributed by atoms with Crippen molar-refractivity contribution in [2.45, 2.75) is 75.9 Å². The molecule has 3 aliphatic rings. The molecule has 10 nitrogen and oxygen atoms in total. The Balaban J connectivity index is 1.52. The minimum atomic E-state index is -1.44. The maximum Gasteiger partial charge on any atom is 0.357 e. The van der Waals surface area contributed by atoms with Gasteiger partial charge in [-0.15, -0.1) is 0 Å². The summed E-state index contributed by atoms with van der Waals surface area (Å²) in [7, 11) is 3.54. The number of methoxy groups -OCH3 is 1. The molecule has 0 spiro atoms. The summed E-state index contributed by atoms with van der Waals surface area (Å²) in [4.78, 5) is 40.0. The Kier molecular flexibility index (Phi) is 7.80. The van der Waals surface area contributed by atoms with Crippen LogP contribution in [0.15, 0.2) is 54.3 Å². The molecule has 1 aliphatic heterocycles. The van der Waals surface area contributed by atoms with Gasteiger partial charge >= 0.3 is 17.9 Å². The Bertz CT molecular complexity index is 1420. The van der Waals surface area contributed by atoms with Gasteiger partial charge in [0.25, 0.3) is 0 Å². The van der Waals surface area contributed by atoms with E-state index < -0.39 is 47.2 Å². The van der Waals surface area contributed by atoms with Crippen molar-refractivity contribution in [3.05, 3.63) is 71.0 Å². The van der Waals surface area contributed by atoms with E-state index in [0.29, 0.717) is 23.5 Å². The Morgan fingerprint density at radius 1 is 1.12 bits per heavy atom. The summed E-state index contributed by atoms with van der Waals surface area (Å²) >= 11 is 0. The number of esters is 3. The first-order valence-electron chi connectivity index (χ1n) is 14.1. The van der Waals surface area contributed by atoms with Crippen LogP contribution in [0.4, 0.5) is 0 Å². The molecule has 224 valence electrons. The summed E-state index contributed by atoms with van der Waals surface area (Å²) in [5, 5.41) is 12.5. The number of aliphatic hydroxyl groups is 1. The normalized spacial score (nSPS) is 26.7. The number of rotatable bonds is 9. The standard InChI is InChI=1S/C32H37NO9/c1-7-33(5)24-17-21-13-14-22(38-6)27-25(21)31(4)28(41-27)23(15-16-32(24,31)37)40-30(36)26(20-11-9-8-10-12-20)42-29(35)18(2)39-19(3)34/h8-15,18,24,26,28,37H,7,16-17H2,1-6H3/t18-,24+,26-,28-,31-,32+/m0/s1. The zero-order chi connectivity index (χ0) is 30.4. The van der Waals surface area contributed by atoms with Crippen LogP contribution in [0.1, 0.15) is 56.9 Å². The van der Waals surface area contributed by atoms with Crippen molar-refractivity contribution in [3.8, 4) is 11.5 Å². The number of likely N-dealkylation sites (N-methyl/N-ethyl adjacent to an activating group) is 1. The number of hydrogen-bond donors (Lipinski definition) is 1. The van der Waals surface area contributed by atoms with Gasteiger partial charge < -0.3 is 33.7 Å². The summed E-state index contributed by atoms with van der Waals surface area (Å²) in [5.41, 5.74) is 0.0399. The van der Waals surface area contributed by atoms with Crippen LogP contribution in [-0.4, -0.2) is 72.5 Å². The Morgan fingerprint density at radius 2 is 1.83 bits per heavy atom. The van der Waals surface area contributed by atoms with Gasteiger partial charge in [-0.3, -0.25) is 4.79 Å². The molecule has 0 bridgehead atoms. The maximum absolute atomic E-state index is 13.7. The SMILES string of the molecule is CCN(C)[C@@H]1Cc2ccc(OC)c3c2[C@@]2(C)[C@@H](O3)C(OC(=O)[C@@H](OC(=O)[C@H](C)OC(C)=O)c3ccccc3)=CC[C@@]12O. The molecule has 0 unspecified atom stereocenters. The van der Waals surface area contributed by atoms with Crippen molar-refractivity contribution in [1.29, 1.82) is 0 Å². The first-order valence-corrected chi connectivity index (χ1v) is 14.1. The summed E-state index contributed by atoms with van der Waals surface area (Å²) in [5.74, 6) is -1.15. The zero-order valence-electron chi connectivity index (χ0n) is 24.7. The predicted octanol–water partition coefficient (Wildman–Crippen LogP) is 3.39. The minimum absolute atomic E-state index is 0.205. The summed E-state index contributed by atoms with van der Waals surface area (Å²) in [6.07, 6.45) is -1.01. The Hall–Kier alpha value is -3.89. The van der Waals surface area contributed by atoms with Gasteiger partial charge in [0.2, 0.25) is 6.10 Å². The fourth-order valence-corrected chi connectivity index (χ4v) is 6.60. The first kappa shape index (κ1) is 29.6. The highest BCUT2D eigenvalue weighted by Gasteiger charge is 2.68. The molecule has 0 saturated heterocycles. The molecule has 2 aromatic rings. The van der Waals surface area contributed by atoms with Gasteiger partial charge in [0.15, 0.2) is 23.7 Å². The Labute approximate surface area is 245 Å². The minimum Gasteiger partial charge on any atom is -0.493 e. The van der Waals surface area contributed by atoms with E-state index in [-0.39, 0.29) is 18.2 Å². The van der Waals surface area contributed by atoms with Gasteiger partial charge in [0.1, 0.15) is 5.76 Å². The van der Waals surface area contributed by atoms with Crippen LogP contribution < -0.4 is 9.47 Å². The van der Waals surface area contributed by atoms with E-state index in [4.69, 9.17) is 23.7 Å². The van der Waals surface area contributed by atoms with E-state index in [9.17, 15) is 19.5 Å². The first-order chi connectivity index (χ1) is 20.0.